The maximum absolute atomic E-state index is 12.5. The highest BCUT2D eigenvalue weighted by molar-refractivity contribution is 6.31. The predicted octanol–water partition coefficient (Wildman–Crippen LogP) is 6.71. The highest BCUT2D eigenvalue weighted by atomic mass is 35.5. The summed E-state index contributed by atoms with van der Waals surface area (Å²) in [4.78, 5) is 24.8. The van der Waals surface area contributed by atoms with E-state index in [0.29, 0.717) is 33.5 Å². The zero-order valence-corrected chi connectivity index (χ0v) is 19.7. The van der Waals surface area contributed by atoms with E-state index in [9.17, 15) is 9.59 Å². The average molecular weight is 487 g/mol. The van der Waals surface area contributed by atoms with Crippen molar-refractivity contribution in [1.29, 1.82) is 0 Å². The number of rotatable bonds is 8. The first-order valence-corrected chi connectivity index (χ1v) is 11.3. The zero-order chi connectivity index (χ0) is 24.6. The van der Waals surface area contributed by atoms with Crippen molar-refractivity contribution >= 4 is 34.8 Å². The molecule has 0 atom stereocenters. The molecule has 0 aliphatic rings. The molecule has 176 valence electrons. The molecule has 2 N–H and O–H groups in total. The van der Waals surface area contributed by atoms with E-state index < -0.39 is 0 Å². The molecule has 0 bridgehead atoms. The van der Waals surface area contributed by atoms with Crippen LogP contribution in [0.2, 0.25) is 5.02 Å². The smallest absolute Gasteiger partial charge is 0.262 e. The lowest BCUT2D eigenvalue weighted by atomic mass is 10.1. The number of carbonyl (C=O) groups excluding carboxylic acids is 2. The van der Waals surface area contributed by atoms with Crippen molar-refractivity contribution in [3.8, 4) is 17.2 Å². The predicted molar refractivity (Wildman–Crippen MR) is 138 cm³/mol. The standard InChI is InChI=1S/C28H23ClN2O4/c1-19-25(29)8-5-9-26(19)31-28(33)20-10-14-22(15-11-20)34-18-27(32)30-21-12-16-24(17-13-21)35-23-6-3-2-4-7-23/h2-17H,18H2,1H3,(H,30,32)(H,31,33). The number of benzene rings is 4. The van der Waals surface area contributed by atoms with Crippen molar-refractivity contribution < 1.29 is 19.1 Å². The SMILES string of the molecule is Cc1c(Cl)cccc1NC(=O)c1ccc(OCC(=O)Nc2ccc(Oc3ccccc3)cc2)cc1. The minimum absolute atomic E-state index is 0.171. The number of anilines is 2. The largest absolute Gasteiger partial charge is 0.484 e. The Kier molecular flexibility index (Phi) is 7.65. The van der Waals surface area contributed by atoms with Crippen LogP contribution in [0.4, 0.5) is 11.4 Å². The van der Waals surface area contributed by atoms with Gasteiger partial charge in [0.2, 0.25) is 0 Å². The van der Waals surface area contributed by atoms with Crippen molar-refractivity contribution in [3.05, 3.63) is 113 Å². The van der Waals surface area contributed by atoms with Gasteiger partial charge in [0.25, 0.3) is 11.8 Å². The van der Waals surface area contributed by atoms with Crippen LogP contribution in [0.3, 0.4) is 0 Å². The van der Waals surface area contributed by atoms with Crippen LogP contribution in [0, 0.1) is 6.92 Å². The molecule has 0 spiro atoms. The summed E-state index contributed by atoms with van der Waals surface area (Å²) in [6, 6.07) is 28.4. The summed E-state index contributed by atoms with van der Waals surface area (Å²) in [7, 11) is 0. The van der Waals surface area contributed by atoms with Crippen LogP contribution in [0.25, 0.3) is 0 Å². The molecule has 2 amide bonds. The summed E-state index contributed by atoms with van der Waals surface area (Å²) < 4.78 is 11.3. The van der Waals surface area contributed by atoms with Gasteiger partial charge in [0, 0.05) is 22.0 Å². The molecule has 4 rings (SSSR count). The lowest BCUT2D eigenvalue weighted by Gasteiger charge is -2.11. The molecule has 0 heterocycles. The van der Waals surface area contributed by atoms with Crippen LogP contribution in [-0.4, -0.2) is 18.4 Å². The topological polar surface area (TPSA) is 76.7 Å². The monoisotopic (exact) mass is 486 g/mol. The minimum Gasteiger partial charge on any atom is -0.484 e. The molecule has 0 unspecified atom stereocenters. The first kappa shape index (κ1) is 23.9. The molecule has 0 aliphatic heterocycles. The summed E-state index contributed by atoms with van der Waals surface area (Å²) in [5, 5.41) is 6.20. The van der Waals surface area contributed by atoms with Crippen molar-refractivity contribution in [3.63, 3.8) is 0 Å². The Balaban J connectivity index is 1.26. The van der Waals surface area contributed by atoms with Crippen LogP contribution in [0.15, 0.2) is 97.1 Å². The van der Waals surface area contributed by atoms with Gasteiger partial charge in [0.05, 0.1) is 0 Å². The fraction of sp³-hybridized carbons (Fsp3) is 0.0714. The Labute approximate surface area is 208 Å². The molecule has 0 saturated carbocycles. The zero-order valence-electron chi connectivity index (χ0n) is 19.0. The summed E-state index contributed by atoms with van der Waals surface area (Å²) in [6.45, 7) is 1.67. The number of hydrogen-bond acceptors (Lipinski definition) is 4. The third-order valence-electron chi connectivity index (χ3n) is 5.12. The molecule has 0 aliphatic carbocycles. The number of amides is 2. The summed E-state index contributed by atoms with van der Waals surface area (Å²) in [5.74, 6) is 1.31. The second-order valence-electron chi connectivity index (χ2n) is 7.67. The molecule has 6 nitrogen and oxygen atoms in total. The molecular formula is C28H23ClN2O4. The van der Waals surface area contributed by atoms with E-state index in [1.807, 2.05) is 37.3 Å². The van der Waals surface area contributed by atoms with E-state index in [1.54, 1.807) is 66.7 Å². The molecule has 0 saturated heterocycles. The number of ether oxygens (including phenoxy) is 2. The van der Waals surface area contributed by atoms with Gasteiger partial charge in [-0.1, -0.05) is 35.9 Å². The van der Waals surface area contributed by atoms with E-state index >= 15 is 0 Å². The highest BCUT2D eigenvalue weighted by Gasteiger charge is 2.10. The molecule has 7 heteroatoms. The van der Waals surface area contributed by atoms with Gasteiger partial charge in [0.1, 0.15) is 17.2 Å². The van der Waals surface area contributed by atoms with Crippen molar-refractivity contribution in [2.75, 3.05) is 17.2 Å². The lowest BCUT2D eigenvalue weighted by Crippen LogP contribution is -2.20. The van der Waals surface area contributed by atoms with Gasteiger partial charge >= 0.3 is 0 Å². The van der Waals surface area contributed by atoms with E-state index in [-0.39, 0.29) is 18.4 Å². The first-order valence-electron chi connectivity index (χ1n) is 10.9. The van der Waals surface area contributed by atoms with Crippen molar-refractivity contribution in [1.82, 2.24) is 0 Å². The Morgan fingerprint density at radius 1 is 0.743 bits per heavy atom. The van der Waals surface area contributed by atoms with Gasteiger partial charge in [0.15, 0.2) is 6.61 Å². The van der Waals surface area contributed by atoms with Crippen LogP contribution in [-0.2, 0) is 4.79 Å². The molecule has 0 fully saturated rings. The van der Waals surface area contributed by atoms with Crippen LogP contribution in [0.5, 0.6) is 17.2 Å². The van der Waals surface area contributed by atoms with Gasteiger partial charge in [-0.3, -0.25) is 9.59 Å². The average Bonchev–Trinajstić information content (AvgIpc) is 2.87. The third kappa shape index (κ3) is 6.62. The second kappa shape index (κ2) is 11.2. The van der Waals surface area contributed by atoms with E-state index in [0.717, 1.165) is 11.3 Å². The summed E-state index contributed by atoms with van der Waals surface area (Å²) in [5.41, 5.74) is 2.53. The van der Waals surface area contributed by atoms with E-state index in [2.05, 4.69) is 10.6 Å². The number of nitrogens with one attached hydrogen (secondary N) is 2. The van der Waals surface area contributed by atoms with Gasteiger partial charge < -0.3 is 20.1 Å². The second-order valence-corrected chi connectivity index (χ2v) is 8.07. The highest BCUT2D eigenvalue weighted by Crippen LogP contribution is 2.24. The fourth-order valence-corrected chi connectivity index (χ4v) is 3.39. The van der Waals surface area contributed by atoms with Crippen LogP contribution >= 0.6 is 11.6 Å². The Morgan fingerprint density at radius 3 is 2.11 bits per heavy atom. The molecular weight excluding hydrogens is 464 g/mol. The molecule has 35 heavy (non-hydrogen) atoms. The lowest BCUT2D eigenvalue weighted by molar-refractivity contribution is -0.118. The normalized spacial score (nSPS) is 10.3. The maximum Gasteiger partial charge on any atom is 0.262 e. The Hall–Kier alpha value is -4.29. The van der Waals surface area contributed by atoms with Gasteiger partial charge in [-0.15, -0.1) is 0 Å². The Bertz CT molecular complexity index is 1310. The fourth-order valence-electron chi connectivity index (χ4n) is 3.22. The van der Waals surface area contributed by atoms with Gasteiger partial charge in [-0.2, -0.15) is 0 Å². The molecule has 0 aromatic heterocycles. The van der Waals surface area contributed by atoms with Crippen LogP contribution in [0.1, 0.15) is 15.9 Å². The maximum atomic E-state index is 12.5. The Morgan fingerprint density at radius 2 is 1.40 bits per heavy atom. The minimum atomic E-state index is -0.306. The molecule has 4 aromatic carbocycles. The molecule has 0 radical (unpaired) electrons. The third-order valence-corrected chi connectivity index (χ3v) is 5.53. The summed E-state index contributed by atoms with van der Waals surface area (Å²) in [6.07, 6.45) is 0. The molecule has 4 aromatic rings. The number of hydrogen-bond donors (Lipinski definition) is 2. The number of carbonyl (C=O) groups is 2. The van der Waals surface area contributed by atoms with Crippen LogP contribution < -0.4 is 20.1 Å². The summed E-state index contributed by atoms with van der Waals surface area (Å²) >= 11 is 6.11. The first-order chi connectivity index (χ1) is 17.0. The quantitative estimate of drug-likeness (QED) is 0.290. The van der Waals surface area contributed by atoms with E-state index in [1.165, 1.54) is 0 Å². The van der Waals surface area contributed by atoms with Gasteiger partial charge in [-0.05, 0) is 85.3 Å². The number of para-hydroxylation sites is 1. The van der Waals surface area contributed by atoms with Crippen molar-refractivity contribution in [2.45, 2.75) is 6.92 Å². The van der Waals surface area contributed by atoms with E-state index in [4.69, 9.17) is 21.1 Å². The van der Waals surface area contributed by atoms with Gasteiger partial charge in [-0.25, -0.2) is 0 Å². The number of halogens is 1. The van der Waals surface area contributed by atoms with Crippen molar-refractivity contribution in [2.24, 2.45) is 0 Å².